The summed E-state index contributed by atoms with van der Waals surface area (Å²) in [5, 5.41) is 11.0. The van der Waals surface area contributed by atoms with Crippen LogP contribution in [0.1, 0.15) is 25.6 Å². The molecule has 2 rings (SSSR count). The minimum Gasteiger partial charge on any atom is -0.456 e. The van der Waals surface area contributed by atoms with Gasteiger partial charge in [-0.2, -0.15) is 0 Å². The van der Waals surface area contributed by atoms with Gasteiger partial charge in [-0.15, -0.1) is 0 Å². The van der Waals surface area contributed by atoms with E-state index in [-0.39, 0.29) is 24.8 Å². The number of esters is 1. The molecule has 0 N–H and O–H groups in total. The number of amides is 1. The van der Waals surface area contributed by atoms with Crippen molar-refractivity contribution >= 4 is 17.7 Å². The molecule has 0 aromatic carbocycles. The predicted octanol–water partition coefficient (Wildman–Crippen LogP) is 0.654. The van der Waals surface area contributed by atoms with Gasteiger partial charge in [-0.3, -0.25) is 9.59 Å². The Balaban J connectivity index is 2.16. The molecule has 0 saturated carbocycles. The van der Waals surface area contributed by atoms with Crippen LogP contribution in [-0.2, 0) is 20.9 Å². The van der Waals surface area contributed by atoms with Crippen LogP contribution in [0, 0.1) is 17.0 Å². The molecule has 2 heterocycles. The molecule has 9 nitrogen and oxygen atoms in total. The number of aromatic nitrogens is 2. The first-order valence-corrected chi connectivity index (χ1v) is 7.00. The van der Waals surface area contributed by atoms with Gasteiger partial charge in [-0.1, -0.05) is 0 Å². The lowest BCUT2D eigenvalue weighted by atomic mass is 10.3. The molecular weight excluding hydrogens is 292 g/mol. The van der Waals surface area contributed by atoms with Crippen LogP contribution in [0.15, 0.2) is 6.20 Å². The second kappa shape index (κ2) is 6.54. The molecule has 0 bridgehead atoms. The fourth-order valence-corrected chi connectivity index (χ4v) is 2.54. The van der Waals surface area contributed by atoms with Crippen LogP contribution in [-0.4, -0.2) is 50.4 Å². The van der Waals surface area contributed by atoms with Crippen molar-refractivity contribution < 1.29 is 19.2 Å². The average Bonchev–Trinajstić information content (AvgIpc) is 2.97. The van der Waals surface area contributed by atoms with E-state index in [1.54, 1.807) is 11.8 Å². The quantitative estimate of drug-likeness (QED) is 0.434. The van der Waals surface area contributed by atoms with E-state index < -0.39 is 17.0 Å². The number of ether oxygens (including phenoxy) is 1. The fraction of sp³-hybridized carbons (Fsp3) is 0.615. The average molecular weight is 310 g/mol. The minimum atomic E-state index is -0.647. The number of imidazole rings is 1. The first-order valence-electron chi connectivity index (χ1n) is 7.00. The van der Waals surface area contributed by atoms with Gasteiger partial charge in [-0.25, -0.2) is 9.55 Å². The maximum atomic E-state index is 11.7. The molecule has 1 aromatic heterocycles. The topological polar surface area (TPSA) is 108 Å². The van der Waals surface area contributed by atoms with Gasteiger partial charge >= 0.3 is 11.8 Å². The lowest BCUT2D eigenvalue weighted by molar-refractivity contribution is -0.392. The van der Waals surface area contributed by atoms with Crippen LogP contribution in [0.3, 0.4) is 0 Å². The number of likely N-dealkylation sites (tertiary alicyclic amines) is 1. The summed E-state index contributed by atoms with van der Waals surface area (Å²) in [6, 6.07) is 0. The van der Waals surface area contributed by atoms with Gasteiger partial charge in [0.1, 0.15) is 12.7 Å². The Labute approximate surface area is 127 Å². The third-order valence-electron chi connectivity index (χ3n) is 3.54. The summed E-state index contributed by atoms with van der Waals surface area (Å²) in [5.74, 6) is -0.190. The van der Waals surface area contributed by atoms with Crippen LogP contribution >= 0.6 is 0 Å². The molecule has 0 radical (unpaired) electrons. The summed E-state index contributed by atoms with van der Waals surface area (Å²) in [5.41, 5.74) is 0. The normalized spacial score (nSPS) is 15.9. The van der Waals surface area contributed by atoms with Gasteiger partial charge in [0.2, 0.25) is 5.91 Å². The minimum absolute atomic E-state index is 0.00834. The summed E-state index contributed by atoms with van der Waals surface area (Å²) in [6.45, 7) is 3.84. The smallest absolute Gasteiger partial charge is 0.342 e. The summed E-state index contributed by atoms with van der Waals surface area (Å²) in [7, 11) is 0. The van der Waals surface area contributed by atoms with Gasteiger partial charge in [0, 0.05) is 26.8 Å². The Hall–Kier alpha value is -2.45. The Morgan fingerprint density at radius 2 is 2.27 bits per heavy atom. The number of rotatable bonds is 6. The molecule has 1 aromatic rings. The molecule has 1 aliphatic heterocycles. The van der Waals surface area contributed by atoms with Crippen molar-refractivity contribution in [3.05, 3.63) is 22.1 Å². The SMILES string of the molecule is CC(=O)O[C@H](CN1CCCC1=O)Cn1c([N+](=O)[O-])cnc1C. The van der Waals surface area contributed by atoms with Crippen LogP contribution in [0.2, 0.25) is 0 Å². The number of carbonyl (C=O) groups is 2. The molecule has 22 heavy (non-hydrogen) atoms. The van der Waals surface area contributed by atoms with E-state index in [2.05, 4.69) is 4.98 Å². The van der Waals surface area contributed by atoms with E-state index in [9.17, 15) is 19.7 Å². The molecular formula is C13H18N4O5. The van der Waals surface area contributed by atoms with Gasteiger partial charge in [0.25, 0.3) is 0 Å². The zero-order chi connectivity index (χ0) is 16.3. The van der Waals surface area contributed by atoms with E-state index in [0.29, 0.717) is 18.8 Å². The standard InChI is InChI=1S/C13H18N4O5/c1-9-14-6-12(17(20)21)16(9)8-11(22-10(2)18)7-15-5-3-4-13(15)19/h6,11H,3-5,7-8H2,1-2H3/t11-/m1/s1. The lowest BCUT2D eigenvalue weighted by Crippen LogP contribution is -2.38. The van der Waals surface area contributed by atoms with Crippen LogP contribution in [0.5, 0.6) is 0 Å². The van der Waals surface area contributed by atoms with E-state index in [1.807, 2.05) is 0 Å². The lowest BCUT2D eigenvalue weighted by Gasteiger charge is -2.22. The Morgan fingerprint density at radius 1 is 1.55 bits per heavy atom. The highest BCUT2D eigenvalue weighted by molar-refractivity contribution is 5.78. The molecule has 0 unspecified atom stereocenters. The Kier molecular flexibility index (Phi) is 4.74. The van der Waals surface area contributed by atoms with E-state index in [4.69, 9.17) is 4.74 Å². The van der Waals surface area contributed by atoms with E-state index in [1.165, 1.54) is 17.7 Å². The molecule has 1 atom stereocenters. The highest BCUT2D eigenvalue weighted by Crippen LogP contribution is 2.17. The van der Waals surface area contributed by atoms with Gasteiger partial charge in [-0.05, 0) is 11.3 Å². The predicted molar refractivity (Wildman–Crippen MR) is 75.0 cm³/mol. The second-order valence-electron chi connectivity index (χ2n) is 5.21. The number of nitrogens with zero attached hydrogens (tertiary/aromatic N) is 4. The summed E-state index contributed by atoms with van der Waals surface area (Å²) >= 11 is 0. The number of nitro groups is 1. The number of carbonyl (C=O) groups excluding carboxylic acids is 2. The van der Waals surface area contributed by atoms with Crippen LogP contribution in [0.4, 0.5) is 5.82 Å². The second-order valence-corrected chi connectivity index (χ2v) is 5.21. The van der Waals surface area contributed by atoms with Crippen LogP contribution < -0.4 is 0 Å². The zero-order valence-corrected chi connectivity index (χ0v) is 12.5. The van der Waals surface area contributed by atoms with Crippen molar-refractivity contribution in [1.82, 2.24) is 14.5 Å². The number of aryl methyl sites for hydroxylation is 1. The van der Waals surface area contributed by atoms with Crippen molar-refractivity contribution in [2.45, 2.75) is 39.3 Å². The maximum absolute atomic E-state index is 11.7. The van der Waals surface area contributed by atoms with E-state index in [0.717, 1.165) is 6.42 Å². The first-order chi connectivity index (χ1) is 10.4. The first kappa shape index (κ1) is 15.9. The highest BCUT2D eigenvalue weighted by Gasteiger charge is 2.28. The van der Waals surface area contributed by atoms with Crippen molar-refractivity contribution in [3.8, 4) is 0 Å². The summed E-state index contributed by atoms with van der Waals surface area (Å²) < 4.78 is 6.60. The third-order valence-corrected chi connectivity index (χ3v) is 3.54. The maximum Gasteiger partial charge on any atom is 0.342 e. The zero-order valence-electron chi connectivity index (χ0n) is 12.5. The van der Waals surface area contributed by atoms with Gasteiger partial charge < -0.3 is 19.8 Å². The fourth-order valence-electron chi connectivity index (χ4n) is 2.54. The van der Waals surface area contributed by atoms with Gasteiger partial charge in [0.15, 0.2) is 11.9 Å². The molecule has 9 heteroatoms. The molecule has 1 aliphatic rings. The van der Waals surface area contributed by atoms with Crippen LogP contribution in [0.25, 0.3) is 0 Å². The summed E-state index contributed by atoms with van der Waals surface area (Å²) in [6.07, 6.45) is 1.78. The summed E-state index contributed by atoms with van der Waals surface area (Å²) in [4.78, 5) is 39.0. The Morgan fingerprint density at radius 3 is 2.82 bits per heavy atom. The molecule has 0 aliphatic carbocycles. The molecule has 1 saturated heterocycles. The van der Waals surface area contributed by atoms with Gasteiger partial charge in [0.05, 0.1) is 6.54 Å². The van der Waals surface area contributed by atoms with Crippen molar-refractivity contribution in [1.29, 1.82) is 0 Å². The van der Waals surface area contributed by atoms with Crippen molar-refractivity contribution in [2.24, 2.45) is 0 Å². The third kappa shape index (κ3) is 3.60. The molecule has 1 fully saturated rings. The highest BCUT2D eigenvalue weighted by atomic mass is 16.6. The number of hydrogen-bond donors (Lipinski definition) is 0. The largest absolute Gasteiger partial charge is 0.456 e. The van der Waals surface area contributed by atoms with Crippen molar-refractivity contribution in [3.63, 3.8) is 0 Å². The molecule has 1 amide bonds. The molecule has 0 spiro atoms. The van der Waals surface area contributed by atoms with Crippen molar-refractivity contribution in [2.75, 3.05) is 13.1 Å². The number of hydrogen-bond acceptors (Lipinski definition) is 6. The Bertz CT molecular complexity index is 597. The monoisotopic (exact) mass is 310 g/mol. The molecule has 120 valence electrons. The van der Waals surface area contributed by atoms with E-state index >= 15 is 0 Å².